The van der Waals surface area contributed by atoms with Gasteiger partial charge in [0, 0.05) is 5.56 Å². The maximum Gasteiger partial charge on any atom is 0.416 e. The van der Waals surface area contributed by atoms with Crippen molar-refractivity contribution in [2.24, 2.45) is 0 Å². The summed E-state index contributed by atoms with van der Waals surface area (Å²) in [4.78, 5) is 11.3. The molecule has 11 heteroatoms. The van der Waals surface area contributed by atoms with Crippen molar-refractivity contribution in [1.29, 1.82) is 0 Å². The Morgan fingerprint density at radius 1 is 0.731 bits per heavy atom. The highest BCUT2D eigenvalue weighted by atomic mass is 32.2. The number of rotatable bonds is 3. The molecular weight excluding hydrogens is 388 g/mol. The summed E-state index contributed by atoms with van der Waals surface area (Å²) in [6, 6.07) is 5.12. The van der Waals surface area contributed by atoms with Crippen LogP contribution in [0.15, 0.2) is 53.4 Å². The maximum atomic E-state index is 12.5. The number of hydrogen-bond donors (Lipinski definition) is 1. The number of alkyl halides is 6. The molecule has 4 nitrogen and oxygen atoms in total. The smallest absolute Gasteiger partial charge is 0.268 e. The molecule has 0 aromatic heterocycles. The Kier molecular flexibility index (Phi) is 5.04. The van der Waals surface area contributed by atoms with E-state index in [2.05, 4.69) is 0 Å². The molecule has 1 amide bonds. The molecule has 0 fully saturated rings. The quantitative estimate of drug-likeness (QED) is 0.801. The molecule has 0 aliphatic carbocycles. The van der Waals surface area contributed by atoms with Gasteiger partial charge < -0.3 is 0 Å². The van der Waals surface area contributed by atoms with E-state index in [0.29, 0.717) is 36.4 Å². The molecule has 0 saturated heterocycles. The van der Waals surface area contributed by atoms with Crippen LogP contribution in [0.1, 0.15) is 21.5 Å². The Morgan fingerprint density at radius 2 is 1.12 bits per heavy atom. The number of hydrogen-bond acceptors (Lipinski definition) is 3. The summed E-state index contributed by atoms with van der Waals surface area (Å²) in [5.41, 5.74) is -2.47. The van der Waals surface area contributed by atoms with Gasteiger partial charge in [0.2, 0.25) is 0 Å². The fourth-order valence-electron chi connectivity index (χ4n) is 1.87. The number of amides is 1. The van der Waals surface area contributed by atoms with Gasteiger partial charge in [-0.1, -0.05) is 0 Å². The van der Waals surface area contributed by atoms with Crippen LogP contribution in [0.4, 0.5) is 26.3 Å². The molecule has 0 heterocycles. The minimum atomic E-state index is -4.66. The standard InChI is InChI=1S/C15H9F6NO3S/c16-14(17,18)10-3-1-9(2-4-10)13(23)22-26(24,25)12-7-5-11(6-8-12)15(19,20)21/h1-8H,(H,22,23). The van der Waals surface area contributed by atoms with E-state index in [9.17, 15) is 39.6 Å². The van der Waals surface area contributed by atoms with E-state index in [-0.39, 0.29) is 5.56 Å². The van der Waals surface area contributed by atoms with Gasteiger partial charge in [-0.25, -0.2) is 13.1 Å². The minimum absolute atomic E-state index is 0.367. The van der Waals surface area contributed by atoms with Crippen LogP contribution in [0, 0.1) is 0 Å². The largest absolute Gasteiger partial charge is 0.416 e. The Balaban J connectivity index is 2.19. The first-order chi connectivity index (χ1) is 11.8. The van der Waals surface area contributed by atoms with Crippen LogP contribution in [-0.2, 0) is 22.4 Å². The second-order valence-electron chi connectivity index (χ2n) is 5.03. The molecule has 1 N–H and O–H groups in total. The zero-order valence-electron chi connectivity index (χ0n) is 12.5. The highest BCUT2D eigenvalue weighted by molar-refractivity contribution is 7.90. The van der Waals surface area contributed by atoms with Gasteiger partial charge >= 0.3 is 12.4 Å². The average molecular weight is 397 g/mol. The first-order valence-corrected chi connectivity index (χ1v) is 8.21. The summed E-state index contributed by atoms with van der Waals surface area (Å²) in [5, 5.41) is 0. The first-order valence-electron chi connectivity index (χ1n) is 6.72. The lowest BCUT2D eigenvalue weighted by molar-refractivity contribution is -0.138. The monoisotopic (exact) mass is 397 g/mol. The van der Waals surface area contributed by atoms with E-state index in [1.165, 1.54) is 0 Å². The van der Waals surface area contributed by atoms with Crippen LogP contribution < -0.4 is 4.72 Å². The summed E-state index contributed by atoms with van der Waals surface area (Å²) < 4.78 is 100. The minimum Gasteiger partial charge on any atom is -0.268 e. The summed E-state index contributed by atoms with van der Waals surface area (Å²) in [5.74, 6) is -1.22. The predicted molar refractivity (Wildman–Crippen MR) is 77.5 cm³/mol. The SMILES string of the molecule is O=C(NS(=O)(=O)c1ccc(C(F)(F)F)cc1)c1ccc(C(F)(F)F)cc1. The highest BCUT2D eigenvalue weighted by Crippen LogP contribution is 2.30. The Labute approximate surface area is 143 Å². The van der Waals surface area contributed by atoms with Crippen molar-refractivity contribution in [3.63, 3.8) is 0 Å². The lowest BCUT2D eigenvalue weighted by atomic mass is 10.1. The van der Waals surface area contributed by atoms with Crippen molar-refractivity contribution in [1.82, 2.24) is 4.72 Å². The molecule has 2 aromatic rings. The van der Waals surface area contributed by atoms with Gasteiger partial charge in [0.05, 0.1) is 16.0 Å². The van der Waals surface area contributed by atoms with Crippen LogP contribution in [0.2, 0.25) is 0 Å². The van der Waals surface area contributed by atoms with Crippen molar-refractivity contribution < 1.29 is 39.6 Å². The Bertz CT molecular complexity index is 900. The molecule has 0 aliphatic rings. The van der Waals surface area contributed by atoms with Gasteiger partial charge in [-0.2, -0.15) is 26.3 Å². The first kappa shape index (κ1) is 19.8. The normalized spacial score (nSPS) is 12.7. The van der Waals surface area contributed by atoms with Crippen LogP contribution in [0.25, 0.3) is 0 Å². The fourth-order valence-corrected chi connectivity index (χ4v) is 2.85. The van der Waals surface area contributed by atoms with Crippen molar-refractivity contribution in [3.8, 4) is 0 Å². The fraction of sp³-hybridized carbons (Fsp3) is 0.133. The van der Waals surface area contributed by atoms with E-state index in [4.69, 9.17) is 0 Å². The van der Waals surface area contributed by atoms with Gasteiger partial charge in [0.1, 0.15) is 0 Å². The van der Waals surface area contributed by atoms with Crippen LogP contribution in [0.3, 0.4) is 0 Å². The van der Waals surface area contributed by atoms with Crippen LogP contribution in [-0.4, -0.2) is 14.3 Å². The van der Waals surface area contributed by atoms with Gasteiger partial charge in [0.15, 0.2) is 0 Å². The summed E-state index contributed by atoms with van der Waals surface area (Å²) in [6.45, 7) is 0. The van der Waals surface area contributed by atoms with E-state index >= 15 is 0 Å². The van der Waals surface area contributed by atoms with Crippen LogP contribution >= 0.6 is 0 Å². The van der Waals surface area contributed by atoms with Gasteiger partial charge in [-0.05, 0) is 48.5 Å². The third-order valence-corrected chi connectivity index (χ3v) is 4.54. The molecule has 140 valence electrons. The van der Waals surface area contributed by atoms with Crippen LogP contribution in [0.5, 0.6) is 0 Å². The summed E-state index contributed by atoms with van der Waals surface area (Å²) in [6.07, 6.45) is -9.28. The Morgan fingerprint density at radius 3 is 1.50 bits per heavy atom. The van der Waals surface area contributed by atoms with E-state index in [0.717, 1.165) is 12.1 Å². The molecule has 0 bridgehead atoms. The molecule has 0 radical (unpaired) electrons. The third-order valence-electron chi connectivity index (χ3n) is 3.19. The predicted octanol–water partition coefficient (Wildman–Crippen LogP) is 3.84. The summed E-state index contributed by atoms with van der Waals surface area (Å²) in [7, 11) is -4.50. The van der Waals surface area contributed by atoms with Gasteiger partial charge in [0.25, 0.3) is 15.9 Å². The molecule has 0 saturated carbocycles. The zero-order chi connectivity index (χ0) is 19.8. The molecule has 2 aromatic carbocycles. The van der Waals surface area contributed by atoms with Crippen molar-refractivity contribution in [3.05, 3.63) is 65.2 Å². The number of carbonyl (C=O) groups is 1. The average Bonchev–Trinajstić information content (AvgIpc) is 2.53. The lowest BCUT2D eigenvalue weighted by Gasteiger charge is -2.10. The molecule has 0 unspecified atom stereocenters. The number of carbonyl (C=O) groups excluding carboxylic acids is 1. The number of sulfonamides is 1. The maximum absolute atomic E-state index is 12.5. The molecule has 26 heavy (non-hydrogen) atoms. The third kappa shape index (κ3) is 4.54. The van der Waals surface area contributed by atoms with E-state index in [1.54, 1.807) is 4.72 Å². The van der Waals surface area contributed by atoms with Crippen molar-refractivity contribution in [2.45, 2.75) is 17.2 Å². The van der Waals surface area contributed by atoms with Gasteiger partial charge in [-0.15, -0.1) is 0 Å². The second-order valence-corrected chi connectivity index (χ2v) is 6.71. The zero-order valence-corrected chi connectivity index (χ0v) is 13.3. The van der Waals surface area contributed by atoms with E-state index in [1.807, 2.05) is 0 Å². The molecule has 0 aliphatic heterocycles. The molecular formula is C15H9F6NO3S. The number of nitrogens with one attached hydrogen (secondary N) is 1. The second kappa shape index (κ2) is 6.63. The molecule has 2 rings (SSSR count). The highest BCUT2D eigenvalue weighted by Gasteiger charge is 2.31. The van der Waals surface area contributed by atoms with E-state index < -0.39 is 44.3 Å². The Hall–Kier alpha value is -2.56. The van der Waals surface area contributed by atoms with Crippen molar-refractivity contribution in [2.75, 3.05) is 0 Å². The van der Waals surface area contributed by atoms with Gasteiger partial charge in [-0.3, -0.25) is 4.79 Å². The topological polar surface area (TPSA) is 63.2 Å². The number of halogens is 6. The molecule has 0 spiro atoms. The number of benzene rings is 2. The van der Waals surface area contributed by atoms with Crippen molar-refractivity contribution >= 4 is 15.9 Å². The lowest BCUT2D eigenvalue weighted by Crippen LogP contribution is -2.30. The summed E-state index contributed by atoms with van der Waals surface area (Å²) >= 11 is 0. The molecule has 0 atom stereocenters.